The monoisotopic (exact) mass is 249 g/mol. The summed E-state index contributed by atoms with van der Waals surface area (Å²) in [4.78, 5) is 23.7. The van der Waals surface area contributed by atoms with Crippen molar-refractivity contribution in [1.29, 1.82) is 0 Å². The van der Waals surface area contributed by atoms with Gasteiger partial charge in [0.15, 0.2) is 0 Å². The van der Waals surface area contributed by atoms with Crippen LogP contribution in [0.5, 0.6) is 0 Å². The Balaban J connectivity index is 2.06. The molecule has 0 fully saturated rings. The zero-order chi connectivity index (χ0) is 12.4. The predicted octanol–water partition coefficient (Wildman–Crippen LogP) is 2.96. The van der Waals surface area contributed by atoms with Gasteiger partial charge in [0.05, 0.1) is 11.3 Å². The second-order valence-electron chi connectivity index (χ2n) is 4.52. The number of rotatable bonds is 4. The number of carbonyl (C=O) groups excluding carboxylic acids is 2. The Bertz CT molecular complexity index is 468. The quantitative estimate of drug-likeness (QED) is 0.659. The minimum Gasteiger partial charge on any atom is -0.318 e. The van der Waals surface area contributed by atoms with Gasteiger partial charge in [0.2, 0.25) is 0 Å². The van der Waals surface area contributed by atoms with Gasteiger partial charge in [-0.25, -0.2) is 0 Å². The zero-order valence-corrected chi connectivity index (χ0v) is 10.8. The van der Waals surface area contributed by atoms with Gasteiger partial charge in [-0.05, 0) is 36.3 Å². The summed E-state index contributed by atoms with van der Waals surface area (Å²) in [5.74, 6) is 0.791. The molecule has 0 radical (unpaired) electrons. The van der Waals surface area contributed by atoms with E-state index in [0.717, 1.165) is 17.1 Å². The van der Waals surface area contributed by atoms with Crippen LogP contribution in [-0.2, 0) is 4.79 Å². The second-order valence-corrected chi connectivity index (χ2v) is 5.69. The third kappa shape index (κ3) is 2.69. The Morgan fingerprint density at radius 2 is 2.06 bits per heavy atom. The van der Waals surface area contributed by atoms with Gasteiger partial charge >= 0.3 is 0 Å². The molecule has 0 spiro atoms. The summed E-state index contributed by atoms with van der Waals surface area (Å²) in [6.07, 6.45) is 1.16. The Kier molecular flexibility index (Phi) is 3.52. The smallest absolute Gasteiger partial charge is 0.296 e. The molecule has 1 aliphatic rings. The maximum Gasteiger partial charge on any atom is 0.296 e. The largest absolute Gasteiger partial charge is 0.318 e. The maximum atomic E-state index is 11.4. The molecule has 0 saturated heterocycles. The SMILES string of the molecule is CC(C)CCSc1ccc2c(c1)NC(=O)C2=O. The van der Waals surface area contributed by atoms with E-state index in [1.165, 1.54) is 0 Å². The molecule has 0 unspecified atom stereocenters. The molecule has 1 aromatic rings. The molecular weight excluding hydrogens is 234 g/mol. The maximum absolute atomic E-state index is 11.4. The lowest BCUT2D eigenvalue weighted by molar-refractivity contribution is -0.112. The molecule has 4 heteroatoms. The molecule has 1 aromatic carbocycles. The molecule has 0 bridgehead atoms. The molecule has 3 nitrogen and oxygen atoms in total. The number of anilines is 1. The lowest BCUT2D eigenvalue weighted by Crippen LogP contribution is -2.12. The third-order valence-electron chi connectivity index (χ3n) is 2.65. The van der Waals surface area contributed by atoms with Crippen molar-refractivity contribution in [3.8, 4) is 0 Å². The van der Waals surface area contributed by atoms with Crippen LogP contribution in [0, 0.1) is 5.92 Å². The van der Waals surface area contributed by atoms with E-state index in [1.54, 1.807) is 17.8 Å². The number of Topliss-reactive ketones (excluding diaryl/α,β-unsaturated/α-hetero) is 1. The standard InChI is InChI=1S/C13H15NO2S/c1-8(2)5-6-17-9-3-4-10-11(7-9)14-13(16)12(10)15/h3-4,7-8H,5-6H2,1-2H3,(H,14,15,16). The fraction of sp³-hybridized carbons (Fsp3) is 0.385. The van der Waals surface area contributed by atoms with Gasteiger partial charge in [-0.2, -0.15) is 0 Å². The molecule has 1 amide bonds. The van der Waals surface area contributed by atoms with Crippen LogP contribution in [0.1, 0.15) is 30.6 Å². The summed E-state index contributed by atoms with van der Waals surface area (Å²) in [5, 5.41) is 2.58. The number of hydrogen-bond donors (Lipinski definition) is 1. The number of thioether (sulfide) groups is 1. The summed E-state index contributed by atoms with van der Waals surface area (Å²) >= 11 is 1.75. The Morgan fingerprint density at radius 1 is 1.29 bits per heavy atom. The number of fused-ring (bicyclic) bond motifs is 1. The number of amides is 1. The summed E-state index contributed by atoms with van der Waals surface area (Å²) in [6, 6.07) is 5.51. The highest BCUT2D eigenvalue weighted by molar-refractivity contribution is 7.99. The number of hydrogen-bond acceptors (Lipinski definition) is 3. The van der Waals surface area contributed by atoms with Crippen LogP contribution in [0.3, 0.4) is 0 Å². The highest BCUT2D eigenvalue weighted by atomic mass is 32.2. The minimum atomic E-state index is -0.524. The van der Waals surface area contributed by atoms with Crippen molar-refractivity contribution in [3.05, 3.63) is 23.8 Å². The normalized spacial score (nSPS) is 14.1. The molecule has 0 atom stereocenters. The van der Waals surface area contributed by atoms with Gasteiger partial charge in [0, 0.05) is 4.90 Å². The molecule has 0 aliphatic carbocycles. The Labute approximate surface area is 105 Å². The van der Waals surface area contributed by atoms with Crippen LogP contribution >= 0.6 is 11.8 Å². The first-order valence-corrected chi connectivity index (χ1v) is 6.69. The lowest BCUT2D eigenvalue weighted by Gasteiger charge is -2.05. The molecule has 0 saturated carbocycles. The van der Waals surface area contributed by atoms with Crippen LogP contribution < -0.4 is 5.32 Å². The van der Waals surface area contributed by atoms with Gasteiger partial charge in [0.25, 0.3) is 11.7 Å². The Morgan fingerprint density at radius 3 is 2.76 bits per heavy atom. The van der Waals surface area contributed by atoms with E-state index in [-0.39, 0.29) is 0 Å². The minimum absolute atomic E-state index is 0.432. The fourth-order valence-corrected chi connectivity index (χ4v) is 2.82. The zero-order valence-electron chi connectivity index (χ0n) is 9.95. The molecule has 17 heavy (non-hydrogen) atoms. The number of benzene rings is 1. The van der Waals surface area contributed by atoms with E-state index in [0.29, 0.717) is 17.2 Å². The summed E-state index contributed by atoms with van der Waals surface area (Å²) in [5.41, 5.74) is 1.14. The van der Waals surface area contributed by atoms with Gasteiger partial charge in [-0.15, -0.1) is 11.8 Å². The van der Waals surface area contributed by atoms with Gasteiger partial charge < -0.3 is 5.32 Å². The topological polar surface area (TPSA) is 46.2 Å². The predicted molar refractivity (Wildman–Crippen MR) is 69.6 cm³/mol. The van der Waals surface area contributed by atoms with Gasteiger partial charge in [-0.3, -0.25) is 9.59 Å². The highest BCUT2D eigenvalue weighted by Gasteiger charge is 2.27. The van der Waals surface area contributed by atoms with Crippen molar-refractivity contribution < 1.29 is 9.59 Å². The number of ketones is 1. The van der Waals surface area contributed by atoms with Gasteiger partial charge in [-0.1, -0.05) is 13.8 Å². The molecule has 1 heterocycles. The fourth-order valence-electron chi connectivity index (χ4n) is 1.63. The van der Waals surface area contributed by atoms with Crippen LogP contribution in [0.15, 0.2) is 23.1 Å². The lowest BCUT2D eigenvalue weighted by atomic mass is 10.1. The first-order chi connectivity index (χ1) is 8.08. The van der Waals surface area contributed by atoms with Crippen molar-refractivity contribution in [3.63, 3.8) is 0 Å². The number of nitrogens with one attached hydrogen (secondary N) is 1. The van der Waals surface area contributed by atoms with Gasteiger partial charge in [0.1, 0.15) is 0 Å². The molecule has 0 aromatic heterocycles. The molecular formula is C13H15NO2S. The van der Waals surface area contributed by atoms with E-state index in [4.69, 9.17) is 0 Å². The Hall–Kier alpha value is -1.29. The van der Waals surface area contributed by atoms with Crippen LogP contribution in [0.4, 0.5) is 5.69 Å². The van der Waals surface area contributed by atoms with E-state index < -0.39 is 11.7 Å². The van der Waals surface area contributed by atoms with Crippen LogP contribution in [0.2, 0.25) is 0 Å². The van der Waals surface area contributed by atoms with E-state index >= 15 is 0 Å². The first kappa shape index (κ1) is 12.2. The molecule has 2 rings (SSSR count). The average molecular weight is 249 g/mol. The van der Waals surface area contributed by atoms with E-state index in [1.807, 2.05) is 12.1 Å². The summed E-state index contributed by atoms with van der Waals surface area (Å²) in [6.45, 7) is 4.39. The molecule has 90 valence electrons. The van der Waals surface area contributed by atoms with Crippen molar-refractivity contribution in [2.75, 3.05) is 11.1 Å². The summed E-state index contributed by atoms with van der Waals surface area (Å²) in [7, 11) is 0. The van der Waals surface area contributed by atoms with Crippen molar-refractivity contribution in [1.82, 2.24) is 0 Å². The van der Waals surface area contributed by atoms with Crippen molar-refractivity contribution in [2.45, 2.75) is 25.2 Å². The number of carbonyl (C=O) groups is 2. The summed E-state index contributed by atoms with van der Waals surface area (Å²) < 4.78 is 0. The molecule has 1 N–H and O–H groups in total. The average Bonchev–Trinajstić information content (AvgIpc) is 2.54. The second kappa shape index (κ2) is 4.92. The van der Waals surface area contributed by atoms with E-state index in [2.05, 4.69) is 19.2 Å². The first-order valence-electron chi connectivity index (χ1n) is 5.70. The van der Waals surface area contributed by atoms with Crippen molar-refractivity contribution >= 4 is 29.1 Å². The van der Waals surface area contributed by atoms with Crippen LogP contribution in [0.25, 0.3) is 0 Å². The van der Waals surface area contributed by atoms with E-state index in [9.17, 15) is 9.59 Å². The molecule has 1 aliphatic heterocycles. The highest BCUT2D eigenvalue weighted by Crippen LogP contribution is 2.29. The van der Waals surface area contributed by atoms with Crippen LogP contribution in [-0.4, -0.2) is 17.4 Å². The third-order valence-corrected chi connectivity index (χ3v) is 3.68. The van der Waals surface area contributed by atoms with Crippen molar-refractivity contribution in [2.24, 2.45) is 5.92 Å².